The van der Waals surface area contributed by atoms with Crippen molar-refractivity contribution in [2.75, 3.05) is 35.8 Å². The molecule has 0 atom stereocenters. The maximum absolute atomic E-state index is 12.3. The number of carbonyl (C=O) groups excluding carboxylic acids is 1. The Morgan fingerprint density at radius 2 is 1.79 bits per heavy atom. The Bertz CT molecular complexity index is 1040. The van der Waals surface area contributed by atoms with Gasteiger partial charge in [-0.3, -0.25) is 4.79 Å². The number of aryl methyl sites for hydroxylation is 1. The summed E-state index contributed by atoms with van der Waals surface area (Å²) in [5.74, 6) is 0.324. The van der Waals surface area contributed by atoms with E-state index in [-0.39, 0.29) is 11.7 Å². The van der Waals surface area contributed by atoms with Gasteiger partial charge in [0.15, 0.2) is 0 Å². The fourth-order valence-corrected chi connectivity index (χ4v) is 2.83. The summed E-state index contributed by atoms with van der Waals surface area (Å²) < 4.78 is 0. The molecule has 0 unspecified atom stereocenters. The van der Waals surface area contributed by atoms with Crippen molar-refractivity contribution in [1.29, 1.82) is 0 Å². The van der Waals surface area contributed by atoms with Crippen molar-refractivity contribution in [2.24, 2.45) is 0 Å². The van der Waals surface area contributed by atoms with Crippen LogP contribution in [-0.4, -0.2) is 30.0 Å². The van der Waals surface area contributed by atoms with Gasteiger partial charge in [0, 0.05) is 37.6 Å². The largest absolute Gasteiger partial charge is 0.384 e. The molecule has 1 amide bonds. The predicted octanol–water partition coefficient (Wildman–Crippen LogP) is 3.33. The van der Waals surface area contributed by atoms with Gasteiger partial charge >= 0.3 is 0 Å². The summed E-state index contributed by atoms with van der Waals surface area (Å²) in [6.45, 7) is 1.92. The molecule has 0 saturated heterocycles. The zero-order chi connectivity index (χ0) is 21.0. The van der Waals surface area contributed by atoms with Crippen LogP contribution in [0.5, 0.6) is 0 Å². The summed E-state index contributed by atoms with van der Waals surface area (Å²) in [6.07, 6.45) is 4.68. The zero-order valence-electron chi connectivity index (χ0n) is 16.7. The Hall–Kier alpha value is -3.87. The first-order chi connectivity index (χ1) is 13.8. The molecule has 148 valence electrons. The van der Waals surface area contributed by atoms with Gasteiger partial charge < -0.3 is 21.7 Å². The van der Waals surface area contributed by atoms with Crippen LogP contribution in [0.4, 0.5) is 23.0 Å². The first kappa shape index (κ1) is 19.9. The number of nitrogens with one attached hydrogen (secondary N) is 1. The van der Waals surface area contributed by atoms with Gasteiger partial charge in [-0.05, 0) is 54.5 Å². The number of nitrogen functional groups attached to an aromatic ring is 2. The van der Waals surface area contributed by atoms with Crippen molar-refractivity contribution in [2.45, 2.75) is 6.92 Å². The van der Waals surface area contributed by atoms with Gasteiger partial charge in [-0.1, -0.05) is 12.1 Å². The molecule has 0 spiro atoms. The van der Waals surface area contributed by atoms with Gasteiger partial charge in [-0.25, -0.2) is 9.97 Å². The summed E-state index contributed by atoms with van der Waals surface area (Å²) in [6, 6.07) is 13.5. The molecule has 2 aromatic heterocycles. The van der Waals surface area contributed by atoms with Crippen LogP contribution >= 0.6 is 0 Å². The second-order valence-electron chi connectivity index (χ2n) is 6.91. The van der Waals surface area contributed by atoms with Crippen LogP contribution in [0.1, 0.15) is 11.3 Å². The quantitative estimate of drug-likeness (QED) is 0.578. The van der Waals surface area contributed by atoms with E-state index < -0.39 is 0 Å². The molecule has 3 aromatic rings. The van der Waals surface area contributed by atoms with Crippen molar-refractivity contribution in [3.63, 3.8) is 0 Å². The molecule has 7 nitrogen and oxygen atoms in total. The maximum atomic E-state index is 12.3. The normalized spacial score (nSPS) is 10.9. The number of nitrogens with two attached hydrogens (primary N) is 2. The van der Waals surface area contributed by atoms with E-state index in [0.29, 0.717) is 17.2 Å². The van der Waals surface area contributed by atoms with Gasteiger partial charge in [0.25, 0.3) is 0 Å². The molecule has 0 aliphatic carbocycles. The Morgan fingerprint density at radius 1 is 1.07 bits per heavy atom. The molecule has 0 fully saturated rings. The number of anilines is 4. The molecule has 1 aromatic carbocycles. The third-order valence-electron chi connectivity index (χ3n) is 4.31. The molecule has 5 N–H and O–H groups in total. The highest BCUT2D eigenvalue weighted by Crippen LogP contribution is 2.27. The van der Waals surface area contributed by atoms with Crippen LogP contribution in [0.2, 0.25) is 0 Å². The lowest BCUT2D eigenvalue weighted by Crippen LogP contribution is -2.11. The summed E-state index contributed by atoms with van der Waals surface area (Å²) >= 11 is 0. The highest BCUT2D eigenvalue weighted by atomic mass is 16.1. The molecule has 0 radical (unpaired) electrons. The van der Waals surface area contributed by atoms with Gasteiger partial charge in [0.2, 0.25) is 5.91 Å². The SMILES string of the molecule is Cc1cc(N)nc(/C=C\C(=O)Nc2cc(-c3ccc(N(C)C)cc3)cnc2N)c1. The average Bonchev–Trinajstić information content (AvgIpc) is 2.67. The first-order valence-electron chi connectivity index (χ1n) is 9.08. The lowest BCUT2D eigenvalue weighted by Gasteiger charge is -2.13. The fourth-order valence-electron chi connectivity index (χ4n) is 2.83. The molecular weight excluding hydrogens is 364 g/mol. The standard InChI is InChI=1S/C22H24N6O/c1-14-10-17(26-20(23)11-14)6-9-21(29)27-19-12-16(13-25-22(19)24)15-4-7-18(8-5-15)28(2)3/h4-13H,1-3H3,(H2,23,26)(H2,24,25)(H,27,29)/b9-6-. The fraction of sp³-hybridized carbons (Fsp3) is 0.136. The van der Waals surface area contributed by atoms with Gasteiger partial charge in [-0.2, -0.15) is 0 Å². The molecule has 0 aliphatic rings. The van der Waals surface area contributed by atoms with Crippen LogP contribution in [0.3, 0.4) is 0 Å². The molecule has 0 bridgehead atoms. The summed E-state index contributed by atoms with van der Waals surface area (Å²) in [7, 11) is 3.98. The molecule has 3 rings (SSSR count). The minimum absolute atomic E-state index is 0.248. The van der Waals surface area contributed by atoms with Crippen molar-refractivity contribution in [3.8, 4) is 11.1 Å². The monoisotopic (exact) mass is 388 g/mol. The lowest BCUT2D eigenvalue weighted by molar-refractivity contribution is -0.111. The zero-order valence-corrected chi connectivity index (χ0v) is 16.7. The third-order valence-corrected chi connectivity index (χ3v) is 4.31. The Kier molecular flexibility index (Phi) is 5.78. The van der Waals surface area contributed by atoms with E-state index >= 15 is 0 Å². The van der Waals surface area contributed by atoms with E-state index in [2.05, 4.69) is 15.3 Å². The van der Waals surface area contributed by atoms with E-state index in [1.165, 1.54) is 6.08 Å². The van der Waals surface area contributed by atoms with E-state index in [4.69, 9.17) is 11.5 Å². The Labute approximate surface area is 170 Å². The smallest absolute Gasteiger partial charge is 0.248 e. The van der Waals surface area contributed by atoms with Crippen LogP contribution in [-0.2, 0) is 4.79 Å². The number of aromatic nitrogens is 2. The molecule has 29 heavy (non-hydrogen) atoms. The van der Waals surface area contributed by atoms with E-state index in [1.54, 1.807) is 18.3 Å². The molecular formula is C22H24N6O. The minimum atomic E-state index is -0.333. The number of hydrogen-bond acceptors (Lipinski definition) is 6. The Morgan fingerprint density at radius 3 is 2.45 bits per heavy atom. The number of hydrogen-bond donors (Lipinski definition) is 3. The number of amides is 1. The summed E-state index contributed by atoms with van der Waals surface area (Å²) in [5, 5.41) is 2.77. The Balaban J connectivity index is 1.77. The molecule has 0 aliphatic heterocycles. The van der Waals surface area contributed by atoms with Gasteiger partial charge in [0.05, 0.1) is 11.4 Å². The van der Waals surface area contributed by atoms with Crippen molar-refractivity contribution < 1.29 is 4.79 Å². The molecule has 7 heteroatoms. The van der Waals surface area contributed by atoms with E-state index in [0.717, 1.165) is 22.4 Å². The second kappa shape index (κ2) is 8.43. The highest BCUT2D eigenvalue weighted by molar-refractivity contribution is 6.03. The van der Waals surface area contributed by atoms with Crippen LogP contribution in [0.25, 0.3) is 17.2 Å². The minimum Gasteiger partial charge on any atom is -0.384 e. The number of benzene rings is 1. The molecule has 2 heterocycles. The van der Waals surface area contributed by atoms with Crippen LogP contribution in [0, 0.1) is 6.92 Å². The number of rotatable bonds is 5. The summed E-state index contributed by atoms with van der Waals surface area (Å²) in [5.41, 5.74) is 16.6. The number of carbonyl (C=O) groups is 1. The highest BCUT2D eigenvalue weighted by Gasteiger charge is 2.08. The van der Waals surface area contributed by atoms with Crippen molar-refractivity contribution in [1.82, 2.24) is 9.97 Å². The van der Waals surface area contributed by atoms with Crippen molar-refractivity contribution in [3.05, 3.63) is 66.0 Å². The van der Waals surface area contributed by atoms with Crippen LogP contribution < -0.4 is 21.7 Å². The maximum Gasteiger partial charge on any atom is 0.248 e. The average molecular weight is 388 g/mol. The van der Waals surface area contributed by atoms with Crippen LogP contribution in [0.15, 0.2) is 54.7 Å². The van der Waals surface area contributed by atoms with Gasteiger partial charge in [-0.15, -0.1) is 0 Å². The predicted molar refractivity (Wildman–Crippen MR) is 119 cm³/mol. The summed E-state index contributed by atoms with van der Waals surface area (Å²) in [4.78, 5) is 22.7. The van der Waals surface area contributed by atoms with Crippen molar-refractivity contribution >= 4 is 35.0 Å². The molecule has 0 saturated carbocycles. The lowest BCUT2D eigenvalue weighted by atomic mass is 10.1. The van der Waals surface area contributed by atoms with Gasteiger partial charge in [0.1, 0.15) is 11.6 Å². The number of pyridine rings is 2. The van der Waals surface area contributed by atoms with E-state index in [9.17, 15) is 4.79 Å². The number of nitrogens with zero attached hydrogens (tertiary/aromatic N) is 3. The van der Waals surface area contributed by atoms with E-state index in [1.807, 2.05) is 62.3 Å². The third kappa shape index (κ3) is 5.10. The topological polar surface area (TPSA) is 110 Å². The first-order valence-corrected chi connectivity index (χ1v) is 9.08. The second-order valence-corrected chi connectivity index (χ2v) is 6.91.